The molecule has 0 aromatic carbocycles. The number of nitrogens with zero attached hydrogens (tertiary/aromatic N) is 2. The molecule has 2 rings (SSSR count). The maximum Gasteiger partial charge on any atom is 0.231 e. The van der Waals surface area contributed by atoms with Crippen LogP contribution in [0, 0.1) is 12.8 Å². The molecule has 1 saturated heterocycles. The van der Waals surface area contributed by atoms with Gasteiger partial charge in [0.15, 0.2) is 5.82 Å². The molecule has 6 heteroatoms. The number of carbonyl (C=O) groups excluding carboxylic acids is 1. The first-order valence-electron chi connectivity index (χ1n) is 5.72. The van der Waals surface area contributed by atoms with Crippen LogP contribution in [0.25, 0.3) is 0 Å². The van der Waals surface area contributed by atoms with E-state index in [0.29, 0.717) is 18.1 Å². The summed E-state index contributed by atoms with van der Waals surface area (Å²) in [4.78, 5) is 12.1. The summed E-state index contributed by atoms with van der Waals surface area (Å²) in [6, 6.07) is 0. The van der Waals surface area contributed by atoms with Gasteiger partial charge in [-0.3, -0.25) is 9.48 Å². The van der Waals surface area contributed by atoms with Crippen molar-refractivity contribution in [1.29, 1.82) is 0 Å². The summed E-state index contributed by atoms with van der Waals surface area (Å²) >= 11 is 0. The van der Waals surface area contributed by atoms with Gasteiger partial charge in [-0.15, -0.1) is 0 Å². The van der Waals surface area contributed by atoms with Crippen LogP contribution in [0.15, 0.2) is 0 Å². The van der Waals surface area contributed by atoms with E-state index in [1.807, 2.05) is 13.8 Å². The van der Waals surface area contributed by atoms with Crippen LogP contribution in [0.5, 0.6) is 0 Å². The highest BCUT2D eigenvalue weighted by atomic mass is 16.5. The molecule has 1 aliphatic heterocycles. The molecule has 1 fully saturated rings. The number of hydrogen-bond donors (Lipinski definition) is 2. The van der Waals surface area contributed by atoms with Gasteiger partial charge in [-0.05, 0) is 20.3 Å². The van der Waals surface area contributed by atoms with Crippen molar-refractivity contribution in [3.8, 4) is 0 Å². The van der Waals surface area contributed by atoms with Crippen LogP contribution in [0.1, 0.15) is 19.0 Å². The van der Waals surface area contributed by atoms with Crippen molar-refractivity contribution in [2.24, 2.45) is 13.0 Å². The molecule has 2 heterocycles. The Morgan fingerprint density at radius 3 is 2.82 bits per heavy atom. The number of aromatic nitrogens is 2. The zero-order valence-electron chi connectivity index (χ0n) is 10.4. The van der Waals surface area contributed by atoms with Gasteiger partial charge >= 0.3 is 0 Å². The number of rotatable bonds is 2. The number of aryl methyl sites for hydroxylation is 2. The normalized spacial score (nSPS) is 23.9. The molecule has 1 aliphatic rings. The number of anilines is 2. The molecule has 0 bridgehead atoms. The first kappa shape index (κ1) is 11.9. The van der Waals surface area contributed by atoms with Crippen molar-refractivity contribution >= 4 is 17.4 Å². The fourth-order valence-corrected chi connectivity index (χ4v) is 2.11. The number of amides is 1. The standard InChI is InChI=1S/C11H18N4O2/c1-6-9(12)10(15(3)14-6)13-11(16)8-4-5-17-7(8)2/h7-8H,4-5,12H2,1-3H3,(H,13,16). The summed E-state index contributed by atoms with van der Waals surface area (Å²) < 4.78 is 6.96. The van der Waals surface area contributed by atoms with E-state index in [0.717, 1.165) is 12.1 Å². The maximum atomic E-state index is 12.1. The monoisotopic (exact) mass is 238 g/mol. The summed E-state index contributed by atoms with van der Waals surface area (Å²) in [7, 11) is 1.76. The summed E-state index contributed by atoms with van der Waals surface area (Å²) in [6.45, 7) is 4.36. The van der Waals surface area contributed by atoms with Crippen molar-refractivity contribution < 1.29 is 9.53 Å². The van der Waals surface area contributed by atoms with Crippen molar-refractivity contribution in [3.63, 3.8) is 0 Å². The van der Waals surface area contributed by atoms with E-state index in [-0.39, 0.29) is 17.9 Å². The van der Waals surface area contributed by atoms with E-state index in [4.69, 9.17) is 10.5 Å². The van der Waals surface area contributed by atoms with Crippen molar-refractivity contribution in [1.82, 2.24) is 9.78 Å². The first-order valence-corrected chi connectivity index (χ1v) is 5.72. The van der Waals surface area contributed by atoms with Crippen molar-refractivity contribution in [3.05, 3.63) is 5.69 Å². The summed E-state index contributed by atoms with van der Waals surface area (Å²) in [5.41, 5.74) is 7.10. The smallest absolute Gasteiger partial charge is 0.231 e. The van der Waals surface area contributed by atoms with Crippen LogP contribution in [0.3, 0.4) is 0 Å². The third-order valence-corrected chi connectivity index (χ3v) is 3.22. The topological polar surface area (TPSA) is 82.2 Å². The van der Waals surface area contributed by atoms with Crippen LogP contribution in [0.2, 0.25) is 0 Å². The van der Waals surface area contributed by atoms with E-state index in [1.54, 1.807) is 11.7 Å². The van der Waals surface area contributed by atoms with Gasteiger partial charge in [-0.2, -0.15) is 5.10 Å². The van der Waals surface area contributed by atoms with Gasteiger partial charge in [0, 0.05) is 13.7 Å². The van der Waals surface area contributed by atoms with Gasteiger partial charge in [0.2, 0.25) is 5.91 Å². The molecule has 94 valence electrons. The highest BCUT2D eigenvalue weighted by Crippen LogP contribution is 2.25. The van der Waals surface area contributed by atoms with Crippen LogP contribution < -0.4 is 11.1 Å². The predicted octanol–water partition coefficient (Wildman–Crippen LogP) is 0.674. The number of nitrogens with one attached hydrogen (secondary N) is 1. The van der Waals surface area contributed by atoms with Gasteiger partial charge in [-0.25, -0.2) is 0 Å². The highest BCUT2D eigenvalue weighted by molar-refractivity contribution is 5.95. The maximum absolute atomic E-state index is 12.1. The minimum atomic E-state index is -0.107. The van der Waals surface area contributed by atoms with E-state index >= 15 is 0 Å². The van der Waals surface area contributed by atoms with Gasteiger partial charge < -0.3 is 15.8 Å². The molecule has 0 aliphatic carbocycles. The molecule has 17 heavy (non-hydrogen) atoms. The molecule has 0 spiro atoms. The number of nitrogens with two attached hydrogens (primary N) is 1. The van der Waals surface area contributed by atoms with E-state index < -0.39 is 0 Å². The third-order valence-electron chi connectivity index (χ3n) is 3.22. The van der Waals surface area contributed by atoms with E-state index in [2.05, 4.69) is 10.4 Å². The lowest BCUT2D eigenvalue weighted by atomic mass is 10.0. The van der Waals surface area contributed by atoms with E-state index in [9.17, 15) is 4.79 Å². The average Bonchev–Trinajstić information content (AvgIpc) is 2.78. The van der Waals surface area contributed by atoms with Crippen LogP contribution in [-0.4, -0.2) is 28.4 Å². The molecule has 6 nitrogen and oxygen atoms in total. The number of ether oxygens (including phenoxy) is 1. The lowest BCUT2D eigenvalue weighted by Crippen LogP contribution is -2.28. The Labute approximate surface area is 100 Å². The van der Waals surface area contributed by atoms with Gasteiger partial charge in [0.05, 0.1) is 23.4 Å². The Hall–Kier alpha value is -1.56. The molecule has 0 saturated carbocycles. The van der Waals surface area contributed by atoms with Crippen LogP contribution >= 0.6 is 0 Å². The molecule has 1 aromatic rings. The van der Waals surface area contributed by atoms with Crippen molar-refractivity contribution in [2.45, 2.75) is 26.4 Å². The Balaban J connectivity index is 2.13. The third kappa shape index (κ3) is 2.12. The van der Waals surface area contributed by atoms with Crippen LogP contribution in [-0.2, 0) is 16.6 Å². The summed E-state index contributed by atoms with van der Waals surface area (Å²) in [5, 5.41) is 6.98. The zero-order chi connectivity index (χ0) is 12.6. The number of hydrogen-bond acceptors (Lipinski definition) is 4. The SMILES string of the molecule is Cc1nn(C)c(NC(=O)C2CCOC2C)c1N. The Morgan fingerprint density at radius 2 is 2.35 bits per heavy atom. The summed E-state index contributed by atoms with van der Waals surface area (Å²) in [6.07, 6.45) is 0.717. The molecule has 2 atom stereocenters. The molecular weight excluding hydrogens is 220 g/mol. The molecule has 1 aromatic heterocycles. The Bertz CT molecular complexity index is 441. The largest absolute Gasteiger partial charge is 0.394 e. The zero-order valence-corrected chi connectivity index (χ0v) is 10.4. The fourth-order valence-electron chi connectivity index (χ4n) is 2.11. The predicted molar refractivity (Wildman–Crippen MR) is 64.5 cm³/mol. The second-order valence-corrected chi connectivity index (χ2v) is 4.43. The number of nitrogen functional groups attached to an aromatic ring is 1. The fraction of sp³-hybridized carbons (Fsp3) is 0.636. The highest BCUT2D eigenvalue weighted by Gasteiger charge is 2.31. The molecule has 2 unspecified atom stereocenters. The van der Waals surface area contributed by atoms with Gasteiger partial charge in [0.1, 0.15) is 0 Å². The second kappa shape index (κ2) is 4.37. The van der Waals surface area contributed by atoms with E-state index in [1.165, 1.54) is 0 Å². The Morgan fingerprint density at radius 1 is 1.65 bits per heavy atom. The van der Waals surface area contributed by atoms with Crippen LogP contribution in [0.4, 0.5) is 11.5 Å². The molecule has 1 amide bonds. The Kier molecular flexibility index (Phi) is 3.06. The second-order valence-electron chi connectivity index (χ2n) is 4.43. The average molecular weight is 238 g/mol. The minimum absolute atomic E-state index is 0.0365. The molecule has 0 radical (unpaired) electrons. The molecular formula is C11H18N4O2. The van der Waals surface area contributed by atoms with Gasteiger partial charge in [0.25, 0.3) is 0 Å². The summed E-state index contributed by atoms with van der Waals surface area (Å²) in [5.74, 6) is 0.404. The number of carbonyl (C=O) groups is 1. The van der Waals surface area contributed by atoms with Gasteiger partial charge in [-0.1, -0.05) is 0 Å². The van der Waals surface area contributed by atoms with Crippen molar-refractivity contribution in [2.75, 3.05) is 17.7 Å². The quantitative estimate of drug-likeness (QED) is 0.793. The lowest BCUT2D eigenvalue weighted by molar-refractivity contribution is -0.121. The molecule has 3 N–H and O–H groups in total. The lowest BCUT2D eigenvalue weighted by Gasteiger charge is -2.14. The first-order chi connectivity index (χ1) is 8.00. The minimum Gasteiger partial charge on any atom is -0.394 e.